The van der Waals surface area contributed by atoms with Gasteiger partial charge in [-0.05, 0) is 24.2 Å². The van der Waals surface area contributed by atoms with E-state index in [-0.39, 0.29) is 17.1 Å². The second-order valence-electron chi connectivity index (χ2n) is 7.14. The quantitative estimate of drug-likeness (QED) is 0.800. The van der Waals surface area contributed by atoms with Crippen LogP contribution in [0.4, 0.5) is 0 Å². The highest BCUT2D eigenvalue weighted by molar-refractivity contribution is 5.87. The standard InChI is InChI=1S/C14H28O2/c1-10(8-9-13(2,3)4)11(15)12(16)14(5,6)7/h10-11,15H,8-9H2,1-7H3/t10-,11-/m0/s1. The van der Waals surface area contributed by atoms with E-state index in [0.717, 1.165) is 12.8 Å². The predicted octanol–water partition coefficient (Wildman–Crippen LogP) is 3.42. The Morgan fingerprint density at radius 2 is 1.56 bits per heavy atom. The zero-order valence-corrected chi connectivity index (χ0v) is 11.9. The lowest BCUT2D eigenvalue weighted by Gasteiger charge is -2.27. The lowest BCUT2D eigenvalue weighted by molar-refractivity contribution is -0.137. The maximum Gasteiger partial charge on any atom is 0.166 e. The minimum Gasteiger partial charge on any atom is -0.385 e. The Hall–Kier alpha value is -0.370. The van der Waals surface area contributed by atoms with Crippen molar-refractivity contribution in [3.63, 3.8) is 0 Å². The summed E-state index contributed by atoms with van der Waals surface area (Å²) in [6, 6.07) is 0. The maximum atomic E-state index is 11.9. The van der Waals surface area contributed by atoms with E-state index in [0.29, 0.717) is 0 Å². The molecule has 0 saturated carbocycles. The van der Waals surface area contributed by atoms with Crippen molar-refractivity contribution in [3.05, 3.63) is 0 Å². The third-order valence-corrected chi connectivity index (χ3v) is 2.90. The molecule has 2 heteroatoms. The van der Waals surface area contributed by atoms with Crippen molar-refractivity contribution in [1.29, 1.82) is 0 Å². The summed E-state index contributed by atoms with van der Waals surface area (Å²) in [4.78, 5) is 11.9. The molecule has 0 aliphatic rings. The van der Waals surface area contributed by atoms with Crippen LogP contribution >= 0.6 is 0 Å². The van der Waals surface area contributed by atoms with E-state index >= 15 is 0 Å². The van der Waals surface area contributed by atoms with Gasteiger partial charge in [-0.25, -0.2) is 0 Å². The Morgan fingerprint density at radius 1 is 1.12 bits per heavy atom. The van der Waals surface area contributed by atoms with Crippen LogP contribution in [0.2, 0.25) is 0 Å². The molecule has 0 aromatic heterocycles. The lowest BCUT2D eigenvalue weighted by atomic mass is 9.80. The Kier molecular flexibility index (Phi) is 5.18. The fourth-order valence-electron chi connectivity index (χ4n) is 1.52. The Morgan fingerprint density at radius 3 is 1.88 bits per heavy atom. The van der Waals surface area contributed by atoms with E-state index in [2.05, 4.69) is 20.8 Å². The second kappa shape index (κ2) is 5.31. The molecule has 0 saturated heterocycles. The molecule has 0 unspecified atom stereocenters. The molecule has 0 aromatic carbocycles. The summed E-state index contributed by atoms with van der Waals surface area (Å²) in [5.74, 6) is -0.000130. The van der Waals surface area contributed by atoms with Crippen LogP contribution in [-0.4, -0.2) is 17.0 Å². The fourth-order valence-corrected chi connectivity index (χ4v) is 1.52. The Bertz CT molecular complexity index is 230. The van der Waals surface area contributed by atoms with Crippen molar-refractivity contribution >= 4 is 5.78 Å². The number of Topliss-reactive ketones (excluding diaryl/α,β-unsaturated/α-hetero) is 1. The maximum absolute atomic E-state index is 11.9. The molecule has 0 fully saturated rings. The van der Waals surface area contributed by atoms with E-state index in [9.17, 15) is 9.90 Å². The van der Waals surface area contributed by atoms with E-state index in [1.165, 1.54) is 0 Å². The largest absolute Gasteiger partial charge is 0.385 e. The van der Waals surface area contributed by atoms with Crippen molar-refractivity contribution < 1.29 is 9.90 Å². The highest BCUT2D eigenvalue weighted by atomic mass is 16.3. The van der Waals surface area contributed by atoms with Crippen LogP contribution in [0.15, 0.2) is 0 Å². The molecule has 0 heterocycles. The smallest absolute Gasteiger partial charge is 0.166 e. The zero-order chi connectivity index (χ0) is 13.1. The first-order valence-corrected chi connectivity index (χ1v) is 6.17. The summed E-state index contributed by atoms with van der Waals surface area (Å²) < 4.78 is 0. The van der Waals surface area contributed by atoms with Crippen LogP contribution in [0.3, 0.4) is 0 Å². The van der Waals surface area contributed by atoms with Crippen LogP contribution in [0.1, 0.15) is 61.3 Å². The number of hydrogen-bond donors (Lipinski definition) is 1. The van der Waals surface area contributed by atoms with Gasteiger partial charge >= 0.3 is 0 Å². The van der Waals surface area contributed by atoms with Crippen LogP contribution in [0, 0.1) is 16.7 Å². The number of hydrogen-bond acceptors (Lipinski definition) is 2. The number of carbonyl (C=O) groups excluding carboxylic acids is 1. The Labute approximate surface area is 100 Å². The molecule has 0 radical (unpaired) electrons. The van der Waals surface area contributed by atoms with Crippen LogP contribution in [-0.2, 0) is 4.79 Å². The molecule has 0 bridgehead atoms. The molecule has 0 aromatic rings. The highest BCUT2D eigenvalue weighted by Gasteiger charge is 2.31. The van der Waals surface area contributed by atoms with Gasteiger partial charge in [0.2, 0.25) is 0 Å². The molecule has 0 aliphatic heterocycles. The van der Waals surface area contributed by atoms with Crippen molar-refractivity contribution in [3.8, 4) is 0 Å². The molecule has 0 amide bonds. The third kappa shape index (κ3) is 5.64. The minimum atomic E-state index is -0.817. The van der Waals surface area contributed by atoms with Gasteiger partial charge in [0.15, 0.2) is 5.78 Å². The summed E-state index contributed by atoms with van der Waals surface area (Å²) in [6.07, 6.45) is 1.11. The van der Waals surface area contributed by atoms with Gasteiger partial charge in [0.25, 0.3) is 0 Å². The fraction of sp³-hybridized carbons (Fsp3) is 0.929. The van der Waals surface area contributed by atoms with Crippen molar-refractivity contribution in [2.45, 2.75) is 67.4 Å². The first-order valence-electron chi connectivity index (χ1n) is 6.17. The number of aliphatic hydroxyl groups excluding tert-OH is 1. The topological polar surface area (TPSA) is 37.3 Å². The average molecular weight is 228 g/mol. The van der Waals surface area contributed by atoms with Gasteiger partial charge in [0.05, 0.1) is 0 Å². The number of rotatable bonds is 4. The molecule has 0 spiro atoms. The van der Waals surface area contributed by atoms with Gasteiger partial charge < -0.3 is 5.11 Å². The third-order valence-electron chi connectivity index (χ3n) is 2.90. The normalized spacial score (nSPS) is 17.0. The van der Waals surface area contributed by atoms with Crippen molar-refractivity contribution in [2.24, 2.45) is 16.7 Å². The van der Waals surface area contributed by atoms with Gasteiger partial charge in [-0.3, -0.25) is 4.79 Å². The molecule has 0 aliphatic carbocycles. The SMILES string of the molecule is C[C@@H](CCC(C)(C)C)[C@H](O)C(=O)C(C)(C)C. The van der Waals surface area contributed by atoms with E-state index in [1.807, 2.05) is 27.7 Å². The number of aliphatic hydroxyl groups is 1. The van der Waals surface area contributed by atoms with E-state index in [1.54, 1.807) is 0 Å². The number of ketones is 1. The summed E-state index contributed by atoms with van der Waals surface area (Å²) >= 11 is 0. The molecule has 2 nitrogen and oxygen atoms in total. The first-order chi connectivity index (χ1) is 6.95. The van der Waals surface area contributed by atoms with Crippen LogP contribution in [0.5, 0.6) is 0 Å². The molecule has 0 rings (SSSR count). The molecular formula is C14H28O2. The van der Waals surface area contributed by atoms with Gasteiger partial charge in [0, 0.05) is 5.41 Å². The molecule has 2 atom stereocenters. The van der Waals surface area contributed by atoms with Gasteiger partial charge in [0.1, 0.15) is 6.10 Å². The molecule has 96 valence electrons. The highest BCUT2D eigenvalue weighted by Crippen LogP contribution is 2.27. The molecule has 16 heavy (non-hydrogen) atoms. The van der Waals surface area contributed by atoms with Gasteiger partial charge in [-0.2, -0.15) is 0 Å². The first kappa shape index (κ1) is 15.6. The predicted molar refractivity (Wildman–Crippen MR) is 68.3 cm³/mol. The van der Waals surface area contributed by atoms with E-state index in [4.69, 9.17) is 0 Å². The molecular weight excluding hydrogens is 200 g/mol. The summed E-state index contributed by atoms with van der Waals surface area (Å²) in [5, 5.41) is 9.97. The van der Waals surface area contributed by atoms with Crippen molar-refractivity contribution in [1.82, 2.24) is 0 Å². The van der Waals surface area contributed by atoms with Crippen molar-refractivity contribution in [2.75, 3.05) is 0 Å². The zero-order valence-electron chi connectivity index (χ0n) is 11.9. The van der Waals surface area contributed by atoms with E-state index < -0.39 is 11.5 Å². The minimum absolute atomic E-state index is 0.0472. The summed E-state index contributed by atoms with van der Waals surface area (Å²) in [6.45, 7) is 14.1. The Balaban J connectivity index is 4.30. The molecule has 1 N–H and O–H groups in total. The van der Waals surface area contributed by atoms with Crippen LogP contribution in [0.25, 0.3) is 0 Å². The van der Waals surface area contributed by atoms with Crippen LogP contribution < -0.4 is 0 Å². The number of carbonyl (C=O) groups is 1. The summed E-state index contributed by atoms with van der Waals surface area (Å²) in [5.41, 5.74) is -0.186. The summed E-state index contributed by atoms with van der Waals surface area (Å²) in [7, 11) is 0. The van der Waals surface area contributed by atoms with Gasteiger partial charge in [-0.1, -0.05) is 48.5 Å². The average Bonchev–Trinajstić information content (AvgIpc) is 2.09. The monoisotopic (exact) mass is 228 g/mol. The van der Waals surface area contributed by atoms with Gasteiger partial charge in [-0.15, -0.1) is 0 Å². The second-order valence-corrected chi connectivity index (χ2v) is 7.14. The lowest BCUT2D eigenvalue weighted by Crippen LogP contribution is -2.37.